The number of pyridine rings is 1. The minimum absolute atomic E-state index is 0.582. The van der Waals surface area contributed by atoms with Crippen molar-refractivity contribution in [2.75, 3.05) is 12.4 Å². The van der Waals surface area contributed by atoms with Gasteiger partial charge in [0.25, 0.3) is 0 Å². The van der Waals surface area contributed by atoms with E-state index in [-0.39, 0.29) is 0 Å². The molecule has 0 unspecified atom stereocenters. The molecule has 0 spiro atoms. The van der Waals surface area contributed by atoms with Crippen LogP contribution < -0.4 is 5.32 Å². The highest BCUT2D eigenvalue weighted by molar-refractivity contribution is 5.38. The van der Waals surface area contributed by atoms with Crippen molar-refractivity contribution in [2.45, 2.75) is 13.8 Å². The van der Waals surface area contributed by atoms with E-state index < -0.39 is 0 Å². The Labute approximate surface area is 73.1 Å². The Bertz CT molecular complexity index is 245. The van der Waals surface area contributed by atoms with Crippen molar-refractivity contribution in [2.24, 2.45) is 0 Å². The first-order chi connectivity index (χ1) is 5.86. The van der Waals surface area contributed by atoms with Crippen LogP contribution in [0.2, 0.25) is 0 Å². The van der Waals surface area contributed by atoms with Gasteiger partial charge >= 0.3 is 0 Å². The monoisotopic (exact) mass is 163 g/mol. The standard InChI is InChI=1S/C7H7N3.C2H6/c1-9-7-3-2-6(4-8)5-10-7;1-2/h2-3,5H,1H3,(H,9,10);1-2H3. The van der Waals surface area contributed by atoms with Crippen molar-refractivity contribution >= 4 is 5.82 Å². The zero-order chi connectivity index (χ0) is 9.40. The first-order valence-corrected chi connectivity index (χ1v) is 3.90. The van der Waals surface area contributed by atoms with Gasteiger partial charge in [-0.25, -0.2) is 4.98 Å². The predicted molar refractivity (Wildman–Crippen MR) is 49.8 cm³/mol. The summed E-state index contributed by atoms with van der Waals surface area (Å²) in [5.74, 6) is 0.777. The van der Waals surface area contributed by atoms with Crippen LogP contribution in [-0.4, -0.2) is 12.0 Å². The maximum atomic E-state index is 8.39. The summed E-state index contributed by atoms with van der Waals surface area (Å²) in [6.45, 7) is 4.00. The van der Waals surface area contributed by atoms with Gasteiger partial charge in [0.2, 0.25) is 0 Å². The summed E-state index contributed by atoms with van der Waals surface area (Å²) in [4.78, 5) is 3.93. The van der Waals surface area contributed by atoms with Gasteiger partial charge in [0.15, 0.2) is 0 Å². The van der Waals surface area contributed by atoms with Crippen LogP contribution in [-0.2, 0) is 0 Å². The van der Waals surface area contributed by atoms with Gasteiger partial charge in [-0.2, -0.15) is 5.26 Å². The molecule has 1 rings (SSSR count). The van der Waals surface area contributed by atoms with E-state index >= 15 is 0 Å². The maximum absolute atomic E-state index is 8.39. The molecule has 64 valence electrons. The van der Waals surface area contributed by atoms with E-state index in [0.29, 0.717) is 5.56 Å². The molecular formula is C9H13N3. The Hall–Kier alpha value is -1.56. The van der Waals surface area contributed by atoms with Gasteiger partial charge in [0.1, 0.15) is 11.9 Å². The second-order valence-corrected chi connectivity index (χ2v) is 1.79. The molecule has 0 saturated carbocycles. The fraction of sp³-hybridized carbons (Fsp3) is 0.333. The number of hydrogen-bond donors (Lipinski definition) is 1. The molecule has 1 aromatic heterocycles. The third-order valence-electron chi connectivity index (χ3n) is 1.15. The minimum atomic E-state index is 0.582. The van der Waals surface area contributed by atoms with Gasteiger partial charge in [-0.15, -0.1) is 0 Å². The molecule has 1 N–H and O–H groups in total. The highest BCUT2D eigenvalue weighted by Crippen LogP contribution is 2.01. The molecule has 0 aliphatic heterocycles. The highest BCUT2D eigenvalue weighted by Gasteiger charge is 1.89. The van der Waals surface area contributed by atoms with Crippen LogP contribution >= 0.6 is 0 Å². The smallest absolute Gasteiger partial charge is 0.125 e. The lowest BCUT2D eigenvalue weighted by atomic mass is 10.3. The SMILES string of the molecule is CC.CNc1ccc(C#N)cn1. The van der Waals surface area contributed by atoms with Crippen molar-refractivity contribution in [1.82, 2.24) is 4.98 Å². The Morgan fingerprint density at radius 1 is 1.42 bits per heavy atom. The summed E-state index contributed by atoms with van der Waals surface area (Å²) in [5, 5.41) is 11.2. The first kappa shape index (κ1) is 10.4. The average Bonchev–Trinajstić information content (AvgIpc) is 2.21. The molecule has 0 aliphatic rings. The number of anilines is 1. The zero-order valence-corrected chi connectivity index (χ0v) is 7.63. The molecule has 0 radical (unpaired) electrons. The predicted octanol–water partition coefficient (Wildman–Crippen LogP) is 2.02. The minimum Gasteiger partial charge on any atom is -0.373 e. The van der Waals surface area contributed by atoms with Crippen molar-refractivity contribution in [1.29, 1.82) is 5.26 Å². The van der Waals surface area contributed by atoms with Crippen LogP contribution in [0.25, 0.3) is 0 Å². The van der Waals surface area contributed by atoms with E-state index in [9.17, 15) is 0 Å². The van der Waals surface area contributed by atoms with Crippen LogP contribution in [0, 0.1) is 11.3 Å². The number of aromatic nitrogens is 1. The van der Waals surface area contributed by atoms with E-state index in [0.717, 1.165) is 5.82 Å². The second-order valence-electron chi connectivity index (χ2n) is 1.79. The van der Waals surface area contributed by atoms with Crippen molar-refractivity contribution in [3.8, 4) is 6.07 Å². The molecule has 0 atom stereocenters. The molecule has 0 bridgehead atoms. The topological polar surface area (TPSA) is 48.7 Å². The van der Waals surface area contributed by atoms with Crippen LogP contribution in [0.5, 0.6) is 0 Å². The van der Waals surface area contributed by atoms with Gasteiger partial charge in [-0.05, 0) is 12.1 Å². The highest BCUT2D eigenvalue weighted by atomic mass is 14.9. The Balaban J connectivity index is 0.000000561. The quantitative estimate of drug-likeness (QED) is 0.689. The van der Waals surface area contributed by atoms with Crippen LogP contribution in [0.4, 0.5) is 5.82 Å². The maximum Gasteiger partial charge on any atom is 0.125 e. The molecule has 0 fully saturated rings. The van der Waals surface area contributed by atoms with Gasteiger partial charge in [-0.3, -0.25) is 0 Å². The van der Waals surface area contributed by atoms with E-state index in [2.05, 4.69) is 10.3 Å². The first-order valence-electron chi connectivity index (χ1n) is 3.90. The Morgan fingerprint density at radius 3 is 2.42 bits per heavy atom. The zero-order valence-electron chi connectivity index (χ0n) is 7.63. The number of nitriles is 1. The molecular weight excluding hydrogens is 150 g/mol. The van der Waals surface area contributed by atoms with Gasteiger partial charge in [-0.1, -0.05) is 13.8 Å². The summed E-state index contributed by atoms with van der Waals surface area (Å²) in [6.07, 6.45) is 1.53. The molecule has 1 aromatic rings. The molecule has 0 saturated heterocycles. The van der Waals surface area contributed by atoms with Gasteiger partial charge in [0.05, 0.1) is 5.56 Å². The molecule has 0 aromatic carbocycles. The van der Waals surface area contributed by atoms with Crippen molar-refractivity contribution < 1.29 is 0 Å². The molecule has 0 amide bonds. The molecule has 0 aliphatic carbocycles. The van der Waals surface area contributed by atoms with Crippen LogP contribution in [0.1, 0.15) is 19.4 Å². The van der Waals surface area contributed by atoms with Crippen molar-refractivity contribution in [3.05, 3.63) is 23.9 Å². The summed E-state index contributed by atoms with van der Waals surface area (Å²) < 4.78 is 0. The fourth-order valence-electron chi connectivity index (χ4n) is 0.608. The normalized spacial score (nSPS) is 7.50. The van der Waals surface area contributed by atoms with E-state index in [1.54, 1.807) is 19.2 Å². The summed E-state index contributed by atoms with van der Waals surface area (Å²) in [7, 11) is 1.79. The van der Waals surface area contributed by atoms with Crippen LogP contribution in [0.15, 0.2) is 18.3 Å². The van der Waals surface area contributed by atoms with E-state index in [1.165, 1.54) is 6.20 Å². The Kier molecular flexibility index (Phi) is 5.37. The number of hydrogen-bond acceptors (Lipinski definition) is 3. The van der Waals surface area contributed by atoms with Gasteiger partial charge < -0.3 is 5.32 Å². The largest absolute Gasteiger partial charge is 0.373 e. The number of rotatable bonds is 1. The lowest BCUT2D eigenvalue weighted by Gasteiger charge is -1.95. The van der Waals surface area contributed by atoms with Gasteiger partial charge in [0, 0.05) is 13.2 Å². The van der Waals surface area contributed by atoms with Crippen LogP contribution in [0.3, 0.4) is 0 Å². The number of nitrogens with one attached hydrogen (secondary N) is 1. The average molecular weight is 163 g/mol. The molecule has 3 nitrogen and oxygen atoms in total. The van der Waals surface area contributed by atoms with Crippen molar-refractivity contribution in [3.63, 3.8) is 0 Å². The fourth-order valence-corrected chi connectivity index (χ4v) is 0.608. The summed E-state index contributed by atoms with van der Waals surface area (Å²) in [6, 6.07) is 5.47. The molecule has 12 heavy (non-hydrogen) atoms. The third-order valence-corrected chi connectivity index (χ3v) is 1.15. The Morgan fingerprint density at radius 2 is 2.08 bits per heavy atom. The van der Waals surface area contributed by atoms with E-state index in [1.807, 2.05) is 19.9 Å². The lowest BCUT2D eigenvalue weighted by molar-refractivity contribution is 1.27. The second kappa shape index (κ2) is 6.17. The summed E-state index contributed by atoms with van der Waals surface area (Å²) in [5.41, 5.74) is 0.582. The summed E-state index contributed by atoms with van der Waals surface area (Å²) >= 11 is 0. The third kappa shape index (κ3) is 3.02. The molecule has 1 heterocycles. The number of nitrogens with zero attached hydrogens (tertiary/aromatic N) is 2. The molecule has 3 heteroatoms. The van der Waals surface area contributed by atoms with E-state index in [4.69, 9.17) is 5.26 Å². The lowest BCUT2D eigenvalue weighted by Crippen LogP contribution is -1.90.